The number of hydrogen-bond donors (Lipinski definition) is 2. The maximum absolute atomic E-state index is 13.3. The summed E-state index contributed by atoms with van der Waals surface area (Å²) in [7, 11) is 2.98. The molecule has 0 spiro atoms. The topological polar surface area (TPSA) is 141 Å². The number of ether oxygens (including phenoxy) is 4. The molecule has 6 rings (SSSR count). The van der Waals surface area contributed by atoms with E-state index in [-0.39, 0.29) is 55.1 Å². The second kappa shape index (κ2) is 10.7. The van der Waals surface area contributed by atoms with Gasteiger partial charge in [-0.15, -0.1) is 0 Å². The minimum atomic E-state index is -0.602. The fourth-order valence-electron chi connectivity index (χ4n) is 4.33. The summed E-state index contributed by atoms with van der Waals surface area (Å²) in [5.41, 5.74) is 1.07. The third-order valence-corrected chi connectivity index (χ3v) is 6.29. The first-order chi connectivity index (χ1) is 18.4. The van der Waals surface area contributed by atoms with Crippen LogP contribution in [-0.4, -0.2) is 73.7 Å². The Morgan fingerprint density at radius 1 is 1.05 bits per heavy atom. The number of nitrogens with zero attached hydrogens (tertiary/aromatic N) is 2. The molecule has 3 aliphatic rings. The van der Waals surface area contributed by atoms with E-state index in [4.69, 9.17) is 23.4 Å². The van der Waals surface area contributed by atoms with Gasteiger partial charge in [-0.1, -0.05) is 6.07 Å². The van der Waals surface area contributed by atoms with E-state index in [0.717, 1.165) is 5.56 Å². The second-order valence-corrected chi connectivity index (χ2v) is 8.73. The molecule has 12 nitrogen and oxygen atoms in total. The number of hydrogen-bond acceptors (Lipinski definition) is 9. The summed E-state index contributed by atoms with van der Waals surface area (Å²) in [6.45, 7) is 0.321. The Labute approximate surface area is 217 Å². The van der Waals surface area contributed by atoms with Crippen molar-refractivity contribution in [2.45, 2.75) is 18.7 Å². The lowest BCUT2D eigenvalue weighted by atomic mass is 10.1. The number of nitrogens with one attached hydrogen (secondary N) is 2. The summed E-state index contributed by atoms with van der Waals surface area (Å²) in [6.07, 6.45) is 1.92. The lowest BCUT2D eigenvalue weighted by Crippen LogP contribution is -2.45. The number of methoxy groups -OCH3 is 2. The maximum atomic E-state index is 13.3. The van der Waals surface area contributed by atoms with E-state index >= 15 is 0 Å². The predicted molar refractivity (Wildman–Crippen MR) is 131 cm³/mol. The van der Waals surface area contributed by atoms with Crippen molar-refractivity contribution < 1.29 is 37.7 Å². The van der Waals surface area contributed by atoms with Gasteiger partial charge in [0.25, 0.3) is 17.7 Å². The van der Waals surface area contributed by atoms with Crippen molar-refractivity contribution in [3.05, 3.63) is 65.9 Å². The van der Waals surface area contributed by atoms with Gasteiger partial charge in [-0.05, 0) is 35.9 Å². The molecule has 3 amide bonds. The highest BCUT2D eigenvalue weighted by Gasteiger charge is 2.39. The van der Waals surface area contributed by atoms with Crippen LogP contribution in [0.1, 0.15) is 26.5 Å². The van der Waals surface area contributed by atoms with Crippen LogP contribution >= 0.6 is 0 Å². The number of amides is 3. The number of benzene rings is 2. The van der Waals surface area contributed by atoms with Crippen molar-refractivity contribution in [1.82, 2.24) is 20.5 Å². The Balaban J connectivity index is 1.49. The van der Waals surface area contributed by atoms with Crippen molar-refractivity contribution in [2.24, 2.45) is 0 Å². The molecule has 1 fully saturated rings. The van der Waals surface area contributed by atoms with Gasteiger partial charge in [0.2, 0.25) is 5.76 Å². The molecule has 1 saturated heterocycles. The SMILES string of the molecule is COc1ccc2cc1OCC(=O)NCc1ccc(c(OC)c1)O[C@H]1CN(C(=O)c3cnco3)C[C@@H]1NC2=O. The van der Waals surface area contributed by atoms with Crippen LogP contribution in [0.15, 0.2) is 53.4 Å². The zero-order valence-electron chi connectivity index (χ0n) is 20.8. The van der Waals surface area contributed by atoms with E-state index in [0.29, 0.717) is 17.2 Å². The third kappa shape index (κ3) is 5.19. The number of carbonyl (C=O) groups is 3. The molecular weight excluding hydrogens is 496 g/mol. The van der Waals surface area contributed by atoms with Crippen LogP contribution in [-0.2, 0) is 11.3 Å². The summed E-state index contributed by atoms with van der Waals surface area (Å²) in [4.78, 5) is 44.0. The van der Waals surface area contributed by atoms with Gasteiger partial charge in [-0.2, -0.15) is 0 Å². The molecule has 4 heterocycles. The van der Waals surface area contributed by atoms with Crippen molar-refractivity contribution in [3.63, 3.8) is 0 Å². The number of carbonyl (C=O) groups excluding carboxylic acids is 3. The smallest absolute Gasteiger partial charge is 0.291 e. The van der Waals surface area contributed by atoms with E-state index in [2.05, 4.69) is 15.6 Å². The molecule has 3 aliphatic heterocycles. The molecule has 198 valence electrons. The standard InChI is InChI=1S/C26H26N4O8/c1-34-18-6-4-16-8-21(18)36-13-24(31)28-9-15-3-5-19(20(7-15)35-2)38-23-12-30(11-17(23)29-25(16)32)26(33)22-10-27-14-37-22/h3-8,10,14,17,23H,9,11-13H2,1-2H3,(H,28,31)(H,29,32)/t17-,23-/m0/s1. The fourth-order valence-corrected chi connectivity index (χ4v) is 4.33. The Bertz CT molecular complexity index is 1340. The minimum Gasteiger partial charge on any atom is -0.493 e. The monoisotopic (exact) mass is 522 g/mol. The Morgan fingerprint density at radius 2 is 1.89 bits per heavy atom. The molecule has 38 heavy (non-hydrogen) atoms. The maximum Gasteiger partial charge on any atom is 0.291 e. The van der Waals surface area contributed by atoms with Gasteiger partial charge < -0.3 is 38.9 Å². The van der Waals surface area contributed by atoms with E-state index in [1.807, 2.05) is 0 Å². The van der Waals surface area contributed by atoms with Gasteiger partial charge in [-0.3, -0.25) is 14.4 Å². The van der Waals surface area contributed by atoms with Crippen LogP contribution in [0.2, 0.25) is 0 Å². The lowest BCUT2D eigenvalue weighted by molar-refractivity contribution is -0.123. The molecule has 2 N–H and O–H groups in total. The van der Waals surface area contributed by atoms with Gasteiger partial charge in [0, 0.05) is 18.7 Å². The molecule has 0 saturated carbocycles. The van der Waals surface area contributed by atoms with Crippen LogP contribution in [0.25, 0.3) is 0 Å². The number of rotatable bonds is 3. The zero-order chi connectivity index (χ0) is 26.6. The second-order valence-electron chi connectivity index (χ2n) is 8.73. The molecule has 2 aromatic carbocycles. The first-order valence-electron chi connectivity index (χ1n) is 11.8. The van der Waals surface area contributed by atoms with Gasteiger partial charge in [0.05, 0.1) is 33.0 Å². The molecule has 1 aromatic heterocycles. The van der Waals surface area contributed by atoms with Crippen LogP contribution < -0.4 is 29.6 Å². The van der Waals surface area contributed by atoms with Crippen molar-refractivity contribution in [2.75, 3.05) is 33.9 Å². The first-order valence-corrected chi connectivity index (χ1v) is 11.8. The molecule has 3 aromatic rings. The third-order valence-electron chi connectivity index (χ3n) is 6.29. The largest absolute Gasteiger partial charge is 0.493 e. The molecule has 12 heteroatoms. The van der Waals surface area contributed by atoms with Crippen molar-refractivity contribution in [3.8, 4) is 23.0 Å². The lowest BCUT2D eigenvalue weighted by Gasteiger charge is -2.22. The first kappa shape index (κ1) is 24.9. The highest BCUT2D eigenvalue weighted by atomic mass is 16.5. The van der Waals surface area contributed by atoms with Crippen LogP contribution in [0, 0.1) is 0 Å². The van der Waals surface area contributed by atoms with Gasteiger partial charge in [-0.25, -0.2) is 4.98 Å². The zero-order valence-corrected chi connectivity index (χ0v) is 20.8. The molecule has 0 unspecified atom stereocenters. The number of oxazole rings is 1. The predicted octanol–water partition coefficient (Wildman–Crippen LogP) is 1.40. The fraction of sp³-hybridized carbons (Fsp3) is 0.308. The average molecular weight is 523 g/mol. The summed E-state index contributed by atoms with van der Waals surface area (Å²) in [5, 5.41) is 5.76. The van der Waals surface area contributed by atoms with Crippen molar-refractivity contribution in [1.29, 1.82) is 0 Å². The van der Waals surface area contributed by atoms with E-state index < -0.39 is 18.1 Å². The molecular formula is C26H26N4O8. The highest BCUT2D eigenvalue weighted by Crippen LogP contribution is 2.32. The van der Waals surface area contributed by atoms with Gasteiger partial charge in [0.1, 0.15) is 6.10 Å². The van der Waals surface area contributed by atoms with Crippen LogP contribution in [0.5, 0.6) is 23.0 Å². The van der Waals surface area contributed by atoms with Crippen molar-refractivity contribution >= 4 is 17.7 Å². The molecule has 4 bridgehead atoms. The quantitative estimate of drug-likeness (QED) is 0.522. The molecule has 2 atom stereocenters. The normalized spacial score (nSPS) is 19.4. The summed E-state index contributed by atoms with van der Waals surface area (Å²) in [5.74, 6) is 0.445. The summed E-state index contributed by atoms with van der Waals surface area (Å²) >= 11 is 0. The molecule has 0 aliphatic carbocycles. The Morgan fingerprint density at radius 3 is 2.66 bits per heavy atom. The number of aromatic nitrogens is 1. The molecule has 0 radical (unpaired) electrons. The number of fused-ring (bicyclic) bond motifs is 7. The Kier molecular flexibility index (Phi) is 7.03. The van der Waals surface area contributed by atoms with Gasteiger partial charge >= 0.3 is 0 Å². The van der Waals surface area contributed by atoms with E-state index in [9.17, 15) is 14.4 Å². The minimum absolute atomic E-state index is 0.0890. The Hall–Kier alpha value is -4.74. The highest BCUT2D eigenvalue weighted by molar-refractivity contribution is 5.95. The summed E-state index contributed by atoms with van der Waals surface area (Å²) < 4.78 is 28.0. The van der Waals surface area contributed by atoms with E-state index in [1.54, 1.807) is 30.3 Å². The van der Waals surface area contributed by atoms with Crippen LogP contribution in [0.3, 0.4) is 0 Å². The average Bonchev–Trinajstić information content (AvgIpc) is 3.61. The van der Waals surface area contributed by atoms with E-state index in [1.165, 1.54) is 37.8 Å². The van der Waals surface area contributed by atoms with Gasteiger partial charge in [0.15, 0.2) is 36.0 Å². The van der Waals surface area contributed by atoms with Crippen LogP contribution in [0.4, 0.5) is 0 Å². The number of likely N-dealkylation sites (tertiary alicyclic amines) is 1. The summed E-state index contributed by atoms with van der Waals surface area (Å²) in [6, 6.07) is 9.37.